The Kier molecular flexibility index (Phi) is 4.81. The van der Waals surface area contributed by atoms with Crippen LogP contribution in [0.3, 0.4) is 0 Å². The number of aromatic hydroxyl groups is 1. The Labute approximate surface area is 127 Å². The molecule has 1 aliphatic heterocycles. The summed E-state index contributed by atoms with van der Waals surface area (Å²) in [5, 5.41) is 13.2. The van der Waals surface area contributed by atoms with Gasteiger partial charge in [0.05, 0.1) is 6.10 Å². The van der Waals surface area contributed by atoms with Gasteiger partial charge in [-0.3, -0.25) is 0 Å². The van der Waals surface area contributed by atoms with Gasteiger partial charge in [0.2, 0.25) is 0 Å². The topological polar surface area (TPSA) is 41.5 Å². The molecular formula is C18H27NO2. The second-order valence-electron chi connectivity index (χ2n) is 6.67. The molecule has 0 aromatic heterocycles. The van der Waals surface area contributed by atoms with Crippen molar-refractivity contribution in [3.63, 3.8) is 0 Å². The molecule has 0 spiro atoms. The maximum absolute atomic E-state index is 9.31. The Morgan fingerprint density at radius 2 is 2.05 bits per heavy atom. The van der Waals surface area contributed by atoms with E-state index < -0.39 is 0 Å². The van der Waals surface area contributed by atoms with Gasteiger partial charge in [0, 0.05) is 24.6 Å². The van der Waals surface area contributed by atoms with Crippen LogP contribution in [0.4, 0.5) is 0 Å². The monoisotopic (exact) mass is 289 g/mol. The summed E-state index contributed by atoms with van der Waals surface area (Å²) in [6.45, 7) is 3.25. The van der Waals surface area contributed by atoms with E-state index in [0.717, 1.165) is 25.4 Å². The molecule has 1 heterocycles. The van der Waals surface area contributed by atoms with Crippen LogP contribution in [0.5, 0.6) is 5.75 Å². The molecule has 1 saturated carbocycles. The number of phenols is 1. The lowest BCUT2D eigenvalue weighted by Gasteiger charge is -2.35. The summed E-state index contributed by atoms with van der Waals surface area (Å²) >= 11 is 0. The van der Waals surface area contributed by atoms with E-state index in [1.54, 1.807) is 12.1 Å². The Bertz CT molecular complexity index is 445. The van der Waals surface area contributed by atoms with Crippen LogP contribution in [0, 0.1) is 5.92 Å². The summed E-state index contributed by atoms with van der Waals surface area (Å²) in [6, 6.07) is 8.75. The van der Waals surface area contributed by atoms with E-state index in [9.17, 15) is 5.11 Å². The first-order valence-electron chi connectivity index (χ1n) is 8.38. The molecule has 1 aromatic rings. The maximum atomic E-state index is 9.31. The van der Waals surface area contributed by atoms with Crippen molar-refractivity contribution in [1.82, 2.24) is 5.32 Å². The average Bonchev–Trinajstić information content (AvgIpc) is 2.96. The van der Waals surface area contributed by atoms with Crippen molar-refractivity contribution in [1.29, 1.82) is 0 Å². The van der Waals surface area contributed by atoms with Crippen molar-refractivity contribution < 1.29 is 9.84 Å². The first kappa shape index (κ1) is 14.9. The normalized spacial score (nSPS) is 30.0. The number of hydrogen-bond acceptors (Lipinski definition) is 3. The minimum atomic E-state index is 0.347. The average molecular weight is 289 g/mol. The molecule has 2 aliphatic rings. The number of rotatable bonds is 5. The summed E-state index contributed by atoms with van der Waals surface area (Å²) in [5.41, 5.74) is 1.30. The predicted molar refractivity (Wildman–Crippen MR) is 84.5 cm³/mol. The largest absolute Gasteiger partial charge is 0.508 e. The second-order valence-corrected chi connectivity index (χ2v) is 6.67. The predicted octanol–water partition coefficient (Wildman–Crippen LogP) is 3.26. The zero-order chi connectivity index (χ0) is 14.7. The number of fused-ring (bicyclic) bond motifs is 1. The van der Waals surface area contributed by atoms with Gasteiger partial charge in [0.1, 0.15) is 5.75 Å². The number of phenolic OH excluding ortho intramolecular Hbond substituents is 1. The van der Waals surface area contributed by atoms with E-state index in [-0.39, 0.29) is 0 Å². The standard InChI is InChI=1S/C18H27NO2/c1-13(5-6-14-7-9-15(20)10-8-14)19-17-3-2-4-18-16(17)11-12-21-18/h7-10,13,16-20H,2-6,11-12H2,1H3/t13-,16-,17-,18-/m1/s1. The molecule has 4 atom stereocenters. The molecule has 1 aliphatic carbocycles. The molecule has 1 aromatic carbocycles. The fourth-order valence-electron chi connectivity index (χ4n) is 3.88. The van der Waals surface area contributed by atoms with Gasteiger partial charge in [-0.25, -0.2) is 0 Å². The minimum Gasteiger partial charge on any atom is -0.508 e. The quantitative estimate of drug-likeness (QED) is 0.874. The van der Waals surface area contributed by atoms with Crippen LogP contribution < -0.4 is 5.32 Å². The number of nitrogens with one attached hydrogen (secondary N) is 1. The van der Waals surface area contributed by atoms with E-state index in [4.69, 9.17) is 4.74 Å². The van der Waals surface area contributed by atoms with Crippen LogP contribution in [0.25, 0.3) is 0 Å². The van der Waals surface area contributed by atoms with Crippen LogP contribution >= 0.6 is 0 Å². The van der Waals surface area contributed by atoms with Gasteiger partial charge >= 0.3 is 0 Å². The highest BCUT2D eigenvalue weighted by atomic mass is 16.5. The molecule has 21 heavy (non-hydrogen) atoms. The van der Waals surface area contributed by atoms with Gasteiger partial charge < -0.3 is 15.2 Å². The maximum Gasteiger partial charge on any atom is 0.115 e. The molecule has 116 valence electrons. The Hall–Kier alpha value is -1.06. The third-order valence-corrected chi connectivity index (χ3v) is 5.08. The van der Waals surface area contributed by atoms with Gasteiger partial charge in [0.25, 0.3) is 0 Å². The molecular weight excluding hydrogens is 262 g/mol. The summed E-state index contributed by atoms with van der Waals surface area (Å²) in [5.74, 6) is 1.08. The van der Waals surface area contributed by atoms with Gasteiger partial charge in [-0.2, -0.15) is 0 Å². The van der Waals surface area contributed by atoms with Gasteiger partial charge in [-0.15, -0.1) is 0 Å². The lowest BCUT2D eigenvalue weighted by Crippen LogP contribution is -2.46. The molecule has 1 saturated heterocycles. The Morgan fingerprint density at radius 1 is 1.24 bits per heavy atom. The molecule has 0 amide bonds. The van der Waals surface area contributed by atoms with Crippen LogP contribution in [0.15, 0.2) is 24.3 Å². The van der Waals surface area contributed by atoms with Gasteiger partial charge in [0.15, 0.2) is 0 Å². The van der Waals surface area contributed by atoms with Crippen molar-refractivity contribution in [2.75, 3.05) is 6.61 Å². The van der Waals surface area contributed by atoms with Crippen molar-refractivity contribution in [2.24, 2.45) is 5.92 Å². The molecule has 3 rings (SSSR count). The summed E-state index contributed by atoms with van der Waals surface area (Å²) in [4.78, 5) is 0. The van der Waals surface area contributed by atoms with E-state index in [1.807, 2.05) is 12.1 Å². The van der Waals surface area contributed by atoms with Crippen LogP contribution in [0.2, 0.25) is 0 Å². The smallest absolute Gasteiger partial charge is 0.115 e. The fourth-order valence-corrected chi connectivity index (χ4v) is 3.88. The molecule has 3 nitrogen and oxygen atoms in total. The third kappa shape index (κ3) is 3.78. The lowest BCUT2D eigenvalue weighted by atomic mass is 9.81. The third-order valence-electron chi connectivity index (χ3n) is 5.08. The molecule has 0 bridgehead atoms. The van der Waals surface area contributed by atoms with Gasteiger partial charge in [-0.1, -0.05) is 12.1 Å². The molecule has 0 unspecified atom stereocenters. The number of aryl methyl sites for hydroxylation is 1. The van der Waals surface area contributed by atoms with Crippen molar-refractivity contribution in [3.8, 4) is 5.75 Å². The first-order chi connectivity index (χ1) is 10.2. The summed E-state index contributed by atoms with van der Waals surface area (Å²) in [7, 11) is 0. The number of benzene rings is 1. The van der Waals surface area contributed by atoms with Crippen molar-refractivity contribution >= 4 is 0 Å². The highest BCUT2D eigenvalue weighted by Gasteiger charge is 2.37. The SMILES string of the molecule is C[C@H](CCc1ccc(O)cc1)N[C@@H]1CCC[C@H]2OCC[C@H]12. The van der Waals surface area contributed by atoms with E-state index >= 15 is 0 Å². The summed E-state index contributed by atoms with van der Waals surface area (Å²) in [6.07, 6.45) is 7.79. The van der Waals surface area contributed by atoms with Crippen LogP contribution in [0.1, 0.15) is 44.6 Å². The highest BCUT2D eigenvalue weighted by Crippen LogP contribution is 2.34. The van der Waals surface area contributed by atoms with Crippen LogP contribution in [-0.4, -0.2) is 29.9 Å². The minimum absolute atomic E-state index is 0.347. The molecule has 2 N–H and O–H groups in total. The lowest BCUT2D eigenvalue weighted by molar-refractivity contribution is 0.0513. The number of ether oxygens (including phenoxy) is 1. The summed E-state index contributed by atoms with van der Waals surface area (Å²) < 4.78 is 5.85. The Morgan fingerprint density at radius 3 is 2.86 bits per heavy atom. The van der Waals surface area contributed by atoms with Crippen LogP contribution in [-0.2, 0) is 11.2 Å². The Balaban J connectivity index is 1.47. The molecule has 0 radical (unpaired) electrons. The zero-order valence-corrected chi connectivity index (χ0v) is 12.9. The van der Waals surface area contributed by atoms with Crippen molar-refractivity contribution in [3.05, 3.63) is 29.8 Å². The zero-order valence-electron chi connectivity index (χ0n) is 12.9. The van der Waals surface area contributed by atoms with E-state index in [2.05, 4.69) is 12.2 Å². The highest BCUT2D eigenvalue weighted by molar-refractivity contribution is 5.25. The van der Waals surface area contributed by atoms with E-state index in [0.29, 0.717) is 23.9 Å². The second kappa shape index (κ2) is 6.80. The van der Waals surface area contributed by atoms with E-state index in [1.165, 1.54) is 31.2 Å². The van der Waals surface area contributed by atoms with Gasteiger partial charge in [-0.05, 0) is 63.1 Å². The fraction of sp³-hybridized carbons (Fsp3) is 0.667. The first-order valence-corrected chi connectivity index (χ1v) is 8.38. The molecule has 3 heteroatoms. The van der Waals surface area contributed by atoms with Crippen molar-refractivity contribution in [2.45, 2.75) is 63.6 Å². The number of hydrogen-bond donors (Lipinski definition) is 2. The molecule has 2 fully saturated rings.